The maximum atomic E-state index is 12.8. The molecular formula is C26H32O4. The smallest absolute Gasteiger partial charge is 0.335 e. The summed E-state index contributed by atoms with van der Waals surface area (Å²) in [7, 11) is 0. The summed E-state index contributed by atoms with van der Waals surface area (Å²) in [5.41, 5.74) is 2.20. The SMILES string of the molecule is O=C(OC1CCCC1)[C@H](Cc1ccc(OCc2ccccc2)cc1)OC1CCCC1. The minimum atomic E-state index is -0.523. The molecule has 0 bridgehead atoms. The zero-order chi connectivity index (χ0) is 20.6. The fourth-order valence-electron chi connectivity index (χ4n) is 4.37. The lowest BCUT2D eigenvalue weighted by Crippen LogP contribution is -2.34. The van der Waals surface area contributed by atoms with Crippen LogP contribution in [0.15, 0.2) is 54.6 Å². The third-order valence-corrected chi connectivity index (χ3v) is 6.10. The quantitative estimate of drug-likeness (QED) is 0.505. The third kappa shape index (κ3) is 6.09. The Kier molecular flexibility index (Phi) is 7.41. The third-order valence-electron chi connectivity index (χ3n) is 6.10. The molecule has 2 fully saturated rings. The Morgan fingerprint density at radius 2 is 1.43 bits per heavy atom. The Bertz CT molecular complexity index is 774. The van der Waals surface area contributed by atoms with Gasteiger partial charge in [-0.3, -0.25) is 0 Å². The van der Waals surface area contributed by atoms with Gasteiger partial charge in [-0.15, -0.1) is 0 Å². The number of hydrogen-bond donors (Lipinski definition) is 0. The van der Waals surface area contributed by atoms with Crippen molar-refractivity contribution in [1.29, 1.82) is 0 Å². The number of esters is 1. The standard InChI is InChI=1S/C26H32O4/c27-26(30-24-12-6-7-13-24)25(29-23-10-4-5-11-23)18-20-14-16-22(17-15-20)28-19-21-8-2-1-3-9-21/h1-3,8-9,14-17,23-25H,4-7,10-13,18-19H2/t25-/m0/s1. The molecule has 0 aromatic heterocycles. The van der Waals surface area contributed by atoms with Crippen LogP contribution >= 0.6 is 0 Å². The van der Waals surface area contributed by atoms with Crippen molar-refractivity contribution in [3.05, 3.63) is 65.7 Å². The van der Waals surface area contributed by atoms with E-state index in [0.717, 1.165) is 55.4 Å². The monoisotopic (exact) mass is 408 g/mol. The van der Waals surface area contributed by atoms with Gasteiger partial charge in [-0.05, 0) is 61.8 Å². The van der Waals surface area contributed by atoms with E-state index in [0.29, 0.717) is 13.0 Å². The minimum Gasteiger partial charge on any atom is -0.489 e. The highest BCUT2D eigenvalue weighted by molar-refractivity contribution is 5.75. The van der Waals surface area contributed by atoms with Crippen molar-refractivity contribution >= 4 is 5.97 Å². The van der Waals surface area contributed by atoms with Gasteiger partial charge >= 0.3 is 5.97 Å². The highest BCUT2D eigenvalue weighted by Crippen LogP contribution is 2.26. The molecule has 0 heterocycles. The highest BCUT2D eigenvalue weighted by atomic mass is 16.6. The minimum absolute atomic E-state index is 0.0703. The Labute approximate surface area is 179 Å². The molecule has 2 aromatic carbocycles. The van der Waals surface area contributed by atoms with E-state index in [1.54, 1.807) is 0 Å². The Morgan fingerprint density at radius 3 is 2.10 bits per heavy atom. The van der Waals surface area contributed by atoms with E-state index < -0.39 is 6.10 Å². The zero-order valence-corrected chi connectivity index (χ0v) is 17.6. The average Bonchev–Trinajstić information content (AvgIpc) is 3.48. The van der Waals surface area contributed by atoms with E-state index in [-0.39, 0.29) is 18.2 Å². The van der Waals surface area contributed by atoms with E-state index >= 15 is 0 Å². The molecule has 4 rings (SSSR count). The molecule has 0 N–H and O–H groups in total. The fraction of sp³-hybridized carbons (Fsp3) is 0.500. The first-order chi connectivity index (χ1) is 14.8. The summed E-state index contributed by atoms with van der Waals surface area (Å²) in [6.45, 7) is 0.543. The van der Waals surface area contributed by atoms with Crippen molar-refractivity contribution in [1.82, 2.24) is 0 Å². The van der Waals surface area contributed by atoms with Crippen LogP contribution in [0.5, 0.6) is 5.75 Å². The van der Waals surface area contributed by atoms with Gasteiger partial charge in [-0.1, -0.05) is 55.3 Å². The first-order valence-electron chi connectivity index (χ1n) is 11.4. The number of ether oxygens (including phenoxy) is 3. The molecule has 4 heteroatoms. The summed E-state index contributed by atoms with van der Waals surface area (Å²) >= 11 is 0. The van der Waals surface area contributed by atoms with E-state index in [9.17, 15) is 4.79 Å². The van der Waals surface area contributed by atoms with E-state index in [1.165, 1.54) is 12.8 Å². The van der Waals surface area contributed by atoms with E-state index in [1.807, 2.05) is 42.5 Å². The van der Waals surface area contributed by atoms with Gasteiger partial charge in [0.25, 0.3) is 0 Å². The molecule has 160 valence electrons. The van der Waals surface area contributed by atoms with Gasteiger partial charge < -0.3 is 14.2 Å². The van der Waals surface area contributed by atoms with Gasteiger partial charge in [0.2, 0.25) is 0 Å². The van der Waals surface area contributed by atoms with Crippen molar-refractivity contribution in [3.63, 3.8) is 0 Å². The van der Waals surface area contributed by atoms with Crippen molar-refractivity contribution in [2.24, 2.45) is 0 Å². The van der Waals surface area contributed by atoms with Crippen LogP contribution in [0.1, 0.15) is 62.5 Å². The predicted molar refractivity (Wildman–Crippen MR) is 116 cm³/mol. The predicted octanol–water partition coefficient (Wildman–Crippen LogP) is 5.62. The van der Waals surface area contributed by atoms with Crippen LogP contribution in [0.3, 0.4) is 0 Å². The second-order valence-electron chi connectivity index (χ2n) is 8.50. The average molecular weight is 409 g/mol. The van der Waals surface area contributed by atoms with E-state index in [4.69, 9.17) is 14.2 Å². The van der Waals surface area contributed by atoms with Gasteiger partial charge in [0.1, 0.15) is 18.5 Å². The fourth-order valence-corrected chi connectivity index (χ4v) is 4.37. The van der Waals surface area contributed by atoms with Crippen LogP contribution < -0.4 is 4.74 Å². The van der Waals surface area contributed by atoms with Crippen LogP contribution in [0.4, 0.5) is 0 Å². The Morgan fingerprint density at radius 1 is 0.800 bits per heavy atom. The lowest BCUT2D eigenvalue weighted by atomic mass is 10.1. The van der Waals surface area contributed by atoms with Crippen molar-refractivity contribution in [2.45, 2.75) is 82.7 Å². The van der Waals surface area contributed by atoms with Crippen LogP contribution in [0.25, 0.3) is 0 Å². The van der Waals surface area contributed by atoms with Crippen LogP contribution in [-0.2, 0) is 27.3 Å². The maximum Gasteiger partial charge on any atom is 0.335 e. The molecule has 1 atom stereocenters. The van der Waals surface area contributed by atoms with Gasteiger partial charge in [-0.2, -0.15) is 0 Å². The van der Waals surface area contributed by atoms with Gasteiger partial charge in [-0.25, -0.2) is 4.79 Å². The topological polar surface area (TPSA) is 44.8 Å². The number of carbonyl (C=O) groups is 1. The van der Waals surface area contributed by atoms with Crippen molar-refractivity contribution in [3.8, 4) is 5.75 Å². The summed E-state index contributed by atoms with van der Waals surface area (Å²) < 4.78 is 17.9. The van der Waals surface area contributed by atoms with Crippen LogP contribution in [0, 0.1) is 0 Å². The van der Waals surface area contributed by atoms with Gasteiger partial charge in [0.15, 0.2) is 6.10 Å². The molecule has 0 radical (unpaired) electrons. The van der Waals surface area contributed by atoms with E-state index in [2.05, 4.69) is 12.1 Å². The summed E-state index contributed by atoms with van der Waals surface area (Å²) in [6.07, 6.45) is 8.98. The first-order valence-corrected chi connectivity index (χ1v) is 11.4. The Hall–Kier alpha value is -2.33. The van der Waals surface area contributed by atoms with Gasteiger partial charge in [0.05, 0.1) is 6.10 Å². The Balaban J connectivity index is 1.35. The number of benzene rings is 2. The summed E-state index contributed by atoms with van der Waals surface area (Å²) in [5.74, 6) is 0.627. The van der Waals surface area contributed by atoms with Crippen molar-refractivity contribution in [2.75, 3.05) is 0 Å². The van der Waals surface area contributed by atoms with Gasteiger partial charge in [0, 0.05) is 6.42 Å². The lowest BCUT2D eigenvalue weighted by Gasteiger charge is -2.23. The summed E-state index contributed by atoms with van der Waals surface area (Å²) in [6, 6.07) is 18.1. The van der Waals surface area contributed by atoms with Crippen LogP contribution in [-0.4, -0.2) is 24.3 Å². The number of carbonyl (C=O) groups excluding carboxylic acids is 1. The van der Waals surface area contributed by atoms with Crippen molar-refractivity contribution < 1.29 is 19.0 Å². The number of rotatable bonds is 9. The first kappa shape index (κ1) is 20.9. The molecule has 2 aromatic rings. The molecule has 0 amide bonds. The molecular weight excluding hydrogens is 376 g/mol. The maximum absolute atomic E-state index is 12.8. The second kappa shape index (κ2) is 10.6. The molecule has 0 saturated heterocycles. The number of hydrogen-bond acceptors (Lipinski definition) is 4. The highest BCUT2D eigenvalue weighted by Gasteiger charge is 2.30. The largest absolute Gasteiger partial charge is 0.489 e. The zero-order valence-electron chi connectivity index (χ0n) is 17.6. The van der Waals surface area contributed by atoms with Crippen LogP contribution in [0.2, 0.25) is 0 Å². The molecule has 4 nitrogen and oxygen atoms in total. The summed E-state index contributed by atoms with van der Waals surface area (Å²) in [5, 5.41) is 0. The molecule has 0 spiro atoms. The second-order valence-corrected chi connectivity index (χ2v) is 8.50. The molecule has 2 aliphatic carbocycles. The summed E-state index contributed by atoms with van der Waals surface area (Å²) in [4.78, 5) is 12.8. The molecule has 0 aliphatic heterocycles. The lowest BCUT2D eigenvalue weighted by molar-refractivity contribution is -0.166. The molecule has 2 aliphatic rings. The molecule has 2 saturated carbocycles. The molecule has 0 unspecified atom stereocenters. The normalized spacial score (nSPS) is 18.4. The molecule has 30 heavy (non-hydrogen) atoms.